The number of ether oxygens (including phenoxy) is 2. The quantitative estimate of drug-likeness (QED) is 0.544. The molecule has 0 radical (unpaired) electrons. The van der Waals surface area contributed by atoms with E-state index in [9.17, 15) is 5.26 Å². The van der Waals surface area contributed by atoms with Crippen LogP contribution >= 0.6 is 0 Å². The number of hydrogen-bond donors (Lipinski definition) is 2. The van der Waals surface area contributed by atoms with Crippen LogP contribution in [-0.4, -0.2) is 72.6 Å². The second kappa shape index (κ2) is 9.38. The number of methoxy groups -OCH3 is 1. The minimum absolute atomic E-state index is 0.378. The number of aromatic nitrogens is 3. The number of benzene rings is 1. The van der Waals surface area contributed by atoms with Gasteiger partial charge in [-0.05, 0) is 19.1 Å². The minimum Gasteiger partial charge on any atom is -0.495 e. The average molecular weight is 461 g/mol. The van der Waals surface area contributed by atoms with Gasteiger partial charge in [-0.2, -0.15) is 10.4 Å². The third-order valence-corrected chi connectivity index (χ3v) is 6.59. The molecular formula is C24H28N8O2. The number of pyridine rings is 1. The molecule has 10 heteroatoms. The van der Waals surface area contributed by atoms with E-state index >= 15 is 0 Å². The van der Waals surface area contributed by atoms with Crippen molar-refractivity contribution in [2.75, 3.05) is 56.7 Å². The number of rotatable bonds is 5. The lowest BCUT2D eigenvalue weighted by molar-refractivity contribution is -0.0117. The molecule has 5 rings (SSSR count). The Morgan fingerprint density at radius 3 is 2.97 bits per heavy atom. The highest BCUT2D eigenvalue weighted by atomic mass is 16.5. The Labute approximate surface area is 198 Å². The molecule has 2 aromatic heterocycles. The third kappa shape index (κ3) is 4.09. The molecule has 2 fully saturated rings. The number of morpholine rings is 1. The summed E-state index contributed by atoms with van der Waals surface area (Å²) in [6.45, 7) is 7.23. The van der Waals surface area contributed by atoms with Crippen LogP contribution in [0.25, 0.3) is 10.8 Å². The van der Waals surface area contributed by atoms with Gasteiger partial charge in [0, 0.05) is 48.7 Å². The zero-order chi connectivity index (χ0) is 23.7. The van der Waals surface area contributed by atoms with Crippen molar-refractivity contribution in [1.82, 2.24) is 20.1 Å². The highest BCUT2D eigenvalue weighted by Crippen LogP contribution is 2.32. The first kappa shape index (κ1) is 22.3. The van der Waals surface area contributed by atoms with E-state index in [0.29, 0.717) is 28.7 Å². The Balaban J connectivity index is 1.46. The number of anilines is 2. The number of fused-ring (bicyclic) bond motifs is 2. The fourth-order valence-electron chi connectivity index (χ4n) is 4.74. The van der Waals surface area contributed by atoms with E-state index in [0.717, 1.165) is 61.7 Å². The highest BCUT2D eigenvalue weighted by molar-refractivity contribution is 5.94. The van der Waals surface area contributed by atoms with Crippen LogP contribution in [0.5, 0.6) is 5.75 Å². The van der Waals surface area contributed by atoms with Crippen LogP contribution in [0.15, 0.2) is 30.5 Å². The van der Waals surface area contributed by atoms with Crippen LogP contribution in [0.3, 0.4) is 0 Å². The number of hydrogen-bond acceptors (Lipinski definition) is 10. The lowest BCUT2D eigenvalue weighted by Crippen LogP contribution is -2.58. The largest absolute Gasteiger partial charge is 0.495 e. The zero-order valence-electron chi connectivity index (χ0n) is 19.4. The van der Waals surface area contributed by atoms with Gasteiger partial charge < -0.3 is 25.4 Å². The molecule has 2 aliphatic heterocycles. The molecule has 4 heterocycles. The molecule has 0 bridgehead atoms. The van der Waals surface area contributed by atoms with Gasteiger partial charge in [0.15, 0.2) is 5.82 Å². The molecule has 3 aromatic rings. The number of nitriles is 1. The summed E-state index contributed by atoms with van der Waals surface area (Å²) in [4.78, 5) is 9.53. The van der Waals surface area contributed by atoms with Crippen LogP contribution in [0.4, 0.5) is 11.6 Å². The maximum atomic E-state index is 9.41. The lowest BCUT2D eigenvalue weighted by Gasteiger charge is -2.44. The molecule has 1 aromatic carbocycles. The molecule has 0 unspecified atom stereocenters. The molecule has 3 N–H and O–H groups in total. The SMILES string of the molecule is COc1c(C#N)cccc1[C@@H](N)Nc1nnc(C)c2cnc(N3CCN4CCOC[C@@H]4C3)cc12. The topological polar surface area (TPSA) is 125 Å². The van der Waals surface area contributed by atoms with Gasteiger partial charge in [-0.15, -0.1) is 5.10 Å². The molecule has 176 valence electrons. The maximum absolute atomic E-state index is 9.41. The van der Waals surface area contributed by atoms with Gasteiger partial charge in [-0.1, -0.05) is 12.1 Å². The summed E-state index contributed by atoms with van der Waals surface area (Å²) in [5.74, 6) is 1.90. The van der Waals surface area contributed by atoms with E-state index in [4.69, 9.17) is 20.2 Å². The second-order valence-electron chi connectivity index (χ2n) is 8.59. The van der Waals surface area contributed by atoms with Crippen LogP contribution in [-0.2, 0) is 4.74 Å². The summed E-state index contributed by atoms with van der Waals surface area (Å²) in [6.07, 6.45) is 1.20. The van der Waals surface area contributed by atoms with Crippen molar-refractivity contribution in [1.29, 1.82) is 5.26 Å². The summed E-state index contributed by atoms with van der Waals surface area (Å²) < 4.78 is 11.2. The number of nitrogens with two attached hydrogens (primary N) is 1. The highest BCUT2D eigenvalue weighted by Gasteiger charge is 2.30. The average Bonchev–Trinajstić information content (AvgIpc) is 2.89. The fraction of sp³-hybridized carbons (Fsp3) is 0.417. The van der Waals surface area contributed by atoms with Crippen molar-refractivity contribution >= 4 is 22.4 Å². The van der Waals surface area contributed by atoms with Crippen molar-refractivity contribution in [2.45, 2.75) is 19.1 Å². The summed E-state index contributed by atoms with van der Waals surface area (Å²) in [5.41, 5.74) is 8.38. The van der Waals surface area contributed by atoms with Crippen molar-refractivity contribution in [3.63, 3.8) is 0 Å². The Morgan fingerprint density at radius 2 is 2.15 bits per heavy atom. The Hall–Kier alpha value is -3.52. The first-order valence-electron chi connectivity index (χ1n) is 11.4. The number of nitrogens with one attached hydrogen (secondary N) is 1. The van der Waals surface area contributed by atoms with E-state index in [1.165, 1.54) is 7.11 Å². The normalized spacial score (nSPS) is 19.4. The molecule has 34 heavy (non-hydrogen) atoms. The van der Waals surface area contributed by atoms with Gasteiger partial charge in [0.25, 0.3) is 0 Å². The molecule has 10 nitrogen and oxygen atoms in total. The number of nitrogens with zero attached hydrogens (tertiary/aromatic N) is 6. The molecule has 2 atom stereocenters. The number of para-hydroxylation sites is 1. The van der Waals surface area contributed by atoms with Gasteiger partial charge in [0.1, 0.15) is 23.8 Å². The van der Waals surface area contributed by atoms with Crippen LogP contribution in [0.2, 0.25) is 0 Å². The number of aryl methyl sites for hydroxylation is 1. The summed E-state index contributed by atoms with van der Waals surface area (Å²) in [7, 11) is 1.53. The number of piperazine rings is 1. The second-order valence-corrected chi connectivity index (χ2v) is 8.59. The smallest absolute Gasteiger partial charge is 0.158 e. The van der Waals surface area contributed by atoms with Crippen LogP contribution < -0.4 is 20.7 Å². The predicted molar refractivity (Wildman–Crippen MR) is 129 cm³/mol. The first-order valence-corrected chi connectivity index (χ1v) is 11.4. The Kier molecular flexibility index (Phi) is 6.15. The van der Waals surface area contributed by atoms with E-state index in [1.807, 2.05) is 25.3 Å². The Bertz CT molecular complexity index is 1240. The van der Waals surface area contributed by atoms with Crippen molar-refractivity contribution in [2.24, 2.45) is 5.73 Å². The minimum atomic E-state index is -0.650. The molecule has 2 saturated heterocycles. The summed E-state index contributed by atoms with van der Waals surface area (Å²) in [5, 5.41) is 23.2. The Morgan fingerprint density at radius 1 is 1.26 bits per heavy atom. The van der Waals surface area contributed by atoms with Gasteiger partial charge in [0.05, 0.1) is 37.6 Å². The third-order valence-electron chi connectivity index (χ3n) is 6.59. The lowest BCUT2D eigenvalue weighted by atomic mass is 10.1. The van der Waals surface area contributed by atoms with Crippen molar-refractivity contribution in [3.05, 3.63) is 47.3 Å². The van der Waals surface area contributed by atoms with Crippen molar-refractivity contribution in [3.8, 4) is 11.8 Å². The standard InChI is InChI=1S/C24H28N8O2/c1-15-20-12-27-21(32-7-6-31-8-9-34-14-17(31)13-32)10-19(20)24(30-29-15)28-23(26)18-5-3-4-16(11-25)22(18)33-2/h3-5,10,12,17,23H,6-9,13-14,26H2,1-2H3,(H,28,30)/t17-,23-/m0/s1. The molecule has 0 amide bonds. The van der Waals surface area contributed by atoms with Gasteiger partial charge in [-0.25, -0.2) is 4.98 Å². The van der Waals surface area contributed by atoms with Gasteiger partial charge >= 0.3 is 0 Å². The molecule has 0 saturated carbocycles. The van der Waals surface area contributed by atoms with E-state index in [-0.39, 0.29) is 0 Å². The van der Waals surface area contributed by atoms with E-state index in [2.05, 4.69) is 31.4 Å². The molecule has 2 aliphatic rings. The van der Waals surface area contributed by atoms with Crippen LogP contribution in [0.1, 0.15) is 23.0 Å². The van der Waals surface area contributed by atoms with Gasteiger partial charge in [-0.3, -0.25) is 4.90 Å². The molecule has 0 aliphatic carbocycles. The maximum Gasteiger partial charge on any atom is 0.158 e. The zero-order valence-corrected chi connectivity index (χ0v) is 19.4. The predicted octanol–water partition coefficient (Wildman–Crippen LogP) is 1.80. The summed E-state index contributed by atoms with van der Waals surface area (Å²) >= 11 is 0. The molecular weight excluding hydrogens is 432 g/mol. The van der Waals surface area contributed by atoms with E-state index < -0.39 is 6.17 Å². The monoisotopic (exact) mass is 460 g/mol. The van der Waals surface area contributed by atoms with Gasteiger partial charge in [0.2, 0.25) is 0 Å². The first-order chi connectivity index (χ1) is 16.6. The van der Waals surface area contributed by atoms with E-state index in [1.54, 1.807) is 12.1 Å². The van der Waals surface area contributed by atoms with Crippen LogP contribution in [0, 0.1) is 18.3 Å². The van der Waals surface area contributed by atoms with Crippen molar-refractivity contribution < 1.29 is 9.47 Å². The molecule has 0 spiro atoms. The fourth-order valence-corrected chi connectivity index (χ4v) is 4.74. The summed E-state index contributed by atoms with van der Waals surface area (Å²) in [6, 6.07) is 9.89.